The second-order valence-corrected chi connectivity index (χ2v) is 4.95. The Morgan fingerprint density at radius 3 is 2.71 bits per heavy atom. The van der Waals surface area contributed by atoms with Crippen molar-refractivity contribution in [3.05, 3.63) is 24.0 Å². The number of hydrogen-bond acceptors (Lipinski definition) is 3. The number of amides is 2. The van der Waals surface area contributed by atoms with Gasteiger partial charge in [0.2, 0.25) is 0 Å². The Bertz CT molecular complexity index is 564. The van der Waals surface area contributed by atoms with Gasteiger partial charge in [0.25, 0.3) is 0 Å². The molecule has 2 rings (SSSR count). The van der Waals surface area contributed by atoms with Gasteiger partial charge in [-0.2, -0.15) is 0 Å². The van der Waals surface area contributed by atoms with Crippen LogP contribution in [0.5, 0.6) is 5.75 Å². The third kappa shape index (κ3) is 3.07. The zero-order chi connectivity index (χ0) is 15.6. The van der Waals surface area contributed by atoms with Crippen molar-refractivity contribution < 1.29 is 23.8 Å². The first-order chi connectivity index (χ1) is 9.93. The van der Waals surface area contributed by atoms with E-state index in [1.165, 1.54) is 24.1 Å². The monoisotopic (exact) mass is 296 g/mol. The van der Waals surface area contributed by atoms with E-state index >= 15 is 0 Å². The number of ether oxygens (including phenoxy) is 1. The van der Waals surface area contributed by atoms with Crippen LogP contribution in [-0.4, -0.2) is 41.7 Å². The minimum Gasteiger partial charge on any atom is -0.494 e. The molecular formula is C14H17FN2O4. The van der Waals surface area contributed by atoms with Crippen LogP contribution < -0.4 is 10.1 Å². The molecule has 1 fully saturated rings. The Balaban J connectivity index is 2.05. The largest absolute Gasteiger partial charge is 0.494 e. The number of carboxylic acids is 1. The van der Waals surface area contributed by atoms with Gasteiger partial charge >= 0.3 is 12.0 Å². The fourth-order valence-electron chi connectivity index (χ4n) is 2.50. The molecule has 0 aliphatic carbocycles. The molecular weight excluding hydrogens is 279 g/mol. The molecule has 1 aliphatic rings. The number of methoxy groups -OCH3 is 1. The van der Waals surface area contributed by atoms with E-state index in [4.69, 9.17) is 9.84 Å². The predicted octanol–water partition coefficient (Wildman–Crippen LogP) is 2.16. The molecule has 0 radical (unpaired) electrons. The maximum atomic E-state index is 13.6. The first kappa shape index (κ1) is 15.1. The highest BCUT2D eigenvalue weighted by atomic mass is 19.1. The number of carbonyl (C=O) groups excluding carboxylic acids is 1. The van der Waals surface area contributed by atoms with E-state index < -0.39 is 29.8 Å². The van der Waals surface area contributed by atoms with E-state index in [1.807, 2.05) is 0 Å². The van der Waals surface area contributed by atoms with Crippen molar-refractivity contribution >= 4 is 17.7 Å². The Kier molecular flexibility index (Phi) is 4.30. The molecule has 1 aromatic rings. The third-order valence-corrected chi connectivity index (χ3v) is 3.74. The molecule has 114 valence electrons. The summed E-state index contributed by atoms with van der Waals surface area (Å²) in [6, 6.07) is 3.26. The Morgan fingerprint density at radius 2 is 2.19 bits per heavy atom. The lowest BCUT2D eigenvalue weighted by atomic mass is 10.0. The number of likely N-dealkylation sites (tertiary alicyclic amines) is 1. The summed E-state index contributed by atoms with van der Waals surface area (Å²) in [5, 5.41) is 11.6. The van der Waals surface area contributed by atoms with Gasteiger partial charge in [-0.15, -0.1) is 0 Å². The fourth-order valence-corrected chi connectivity index (χ4v) is 2.50. The maximum Gasteiger partial charge on any atom is 0.322 e. The average molecular weight is 296 g/mol. The standard InChI is InChI=1S/C14H17FN2O4/c1-8-10(13(18)19)5-6-17(8)14(20)16-9-3-4-12(21-2)11(15)7-9/h3-4,7-8,10H,5-6H2,1-2H3,(H,16,20)(H,18,19). The van der Waals surface area contributed by atoms with Gasteiger partial charge in [-0.3, -0.25) is 4.79 Å². The summed E-state index contributed by atoms with van der Waals surface area (Å²) < 4.78 is 18.4. The molecule has 0 spiro atoms. The number of nitrogens with zero attached hydrogens (tertiary/aromatic N) is 1. The van der Waals surface area contributed by atoms with E-state index in [0.29, 0.717) is 18.7 Å². The van der Waals surface area contributed by atoms with E-state index in [9.17, 15) is 14.0 Å². The zero-order valence-corrected chi connectivity index (χ0v) is 11.8. The van der Waals surface area contributed by atoms with Crippen LogP contribution in [-0.2, 0) is 4.79 Å². The van der Waals surface area contributed by atoms with E-state index in [-0.39, 0.29) is 5.75 Å². The minimum absolute atomic E-state index is 0.0912. The summed E-state index contributed by atoms with van der Waals surface area (Å²) in [4.78, 5) is 24.6. The number of carbonyl (C=O) groups is 2. The van der Waals surface area contributed by atoms with E-state index in [0.717, 1.165) is 6.07 Å². The van der Waals surface area contributed by atoms with Crippen LogP contribution in [0.1, 0.15) is 13.3 Å². The lowest BCUT2D eigenvalue weighted by Gasteiger charge is -2.23. The Hall–Kier alpha value is -2.31. The van der Waals surface area contributed by atoms with Crippen LogP contribution in [0, 0.1) is 11.7 Å². The van der Waals surface area contributed by atoms with Crippen molar-refractivity contribution in [2.75, 3.05) is 19.0 Å². The first-order valence-corrected chi connectivity index (χ1v) is 6.58. The van der Waals surface area contributed by atoms with Gasteiger partial charge in [0, 0.05) is 24.3 Å². The molecule has 6 nitrogen and oxygen atoms in total. The first-order valence-electron chi connectivity index (χ1n) is 6.58. The number of anilines is 1. The molecule has 2 N–H and O–H groups in total. The van der Waals surface area contributed by atoms with Crippen LogP contribution in [0.3, 0.4) is 0 Å². The van der Waals surface area contributed by atoms with Crippen LogP contribution in [0.2, 0.25) is 0 Å². The van der Waals surface area contributed by atoms with Crippen molar-refractivity contribution in [3.63, 3.8) is 0 Å². The molecule has 2 amide bonds. The van der Waals surface area contributed by atoms with Crippen molar-refractivity contribution in [3.8, 4) is 5.75 Å². The molecule has 0 bridgehead atoms. The van der Waals surface area contributed by atoms with Crippen molar-refractivity contribution in [1.82, 2.24) is 4.90 Å². The summed E-state index contributed by atoms with van der Waals surface area (Å²) in [5.74, 6) is -1.96. The second-order valence-electron chi connectivity index (χ2n) is 4.95. The number of urea groups is 1. The number of nitrogens with one attached hydrogen (secondary N) is 1. The van der Waals surface area contributed by atoms with Crippen LogP contribution in [0.15, 0.2) is 18.2 Å². The third-order valence-electron chi connectivity index (χ3n) is 3.74. The van der Waals surface area contributed by atoms with Gasteiger partial charge in [0.15, 0.2) is 11.6 Å². The molecule has 21 heavy (non-hydrogen) atoms. The Morgan fingerprint density at radius 1 is 1.48 bits per heavy atom. The molecule has 1 heterocycles. The number of hydrogen-bond donors (Lipinski definition) is 2. The summed E-state index contributed by atoms with van der Waals surface area (Å²) in [6.07, 6.45) is 0.418. The van der Waals surface area contributed by atoms with Gasteiger partial charge < -0.3 is 20.1 Å². The second kappa shape index (κ2) is 5.99. The average Bonchev–Trinajstić information content (AvgIpc) is 2.81. The number of benzene rings is 1. The topological polar surface area (TPSA) is 78.9 Å². The zero-order valence-electron chi connectivity index (χ0n) is 11.8. The highest BCUT2D eigenvalue weighted by Gasteiger charge is 2.38. The number of halogens is 1. The van der Waals surface area contributed by atoms with Crippen LogP contribution in [0.4, 0.5) is 14.9 Å². The quantitative estimate of drug-likeness (QED) is 0.896. The Labute approximate surface area is 121 Å². The maximum absolute atomic E-state index is 13.6. The van der Waals surface area contributed by atoms with Gasteiger partial charge in [-0.05, 0) is 25.5 Å². The highest BCUT2D eigenvalue weighted by Crippen LogP contribution is 2.26. The number of aliphatic carboxylic acids is 1. The molecule has 1 aliphatic heterocycles. The van der Waals surface area contributed by atoms with Gasteiger partial charge in [-0.25, -0.2) is 9.18 Å². The minimum atomic E-state index is -0.909. The van der Waals surface area contributed by atoms with Crippen molar-refractivity contribution in [2.45, 2.75) is 19.4 Å². The lowest BCUT2D eigenvalue weighted by molar-refractivity contribution is -0.142. The summed E-state index contributed by atoms with van der Waals surface area (Å²) in [5.41, 5.74) is 0.296. The molecule has 7 heteroatoms. The molecule has 0 aromatic heterocycles. The van der Waals surface area contributed by atoms with E-state index in [1.54, 1.807) is 6.92 Å². The van der Waals surface area contributed by atoms with Crippen LogP contribution in [0.25, 0.3) is 0 Å². The van der Waals surface area contributed by atoms with E-state index in [2.05, 4.69) is 5.32 Å². The summed E-state index contributed by atoms with van der Waals surface area (Å²) in [7, 11) is 1.36. The normalized spacial score (nSPS) is 21.2. The number of carboxylic acid groups (broad SMARTS) is 1. The highest BCUT2D eigenvalue weighted by molar-refractivity contribution is 5.90. The smallest absolute Gasteiger partial charge is 0.322 e. The van der Waals surface area contributed by atoms with Gasteiger partial charge in [0.1, 0.15) is 0 Å². The molecule has 2 atom stereocenters. The predicted molar refractivity (Wildman–Crippen MR) is 73.9 cm³/mol. The van der Waals surface area contributed by atoms with Crippen molar-refractivity contribution in [1.29, 1.82) is 0 Å². The molecule has 2 unspecified atom stereocenters. The lowest BCUT2D eigenvalue weighted by Crippen LogP contribution is -2.40. The fraction of sp³-hybridized carbons (Fsp3) is 0.429. The summed E-state index contributed by atoms with van der Waals surface area (Å²) >= 11 is 0. The van der Waals surface area contributed by atoms with Gasteiger partial charge in [0.05, 0.1) is 13.0 Å². The molecule has 1 aromatic carbocycles. The number of rotatable bonds is 3. The SMILES string of the molecule is COc1ccc(NC(=O)N2CCC(C(=O)O)C2C)cc1F. The molecule has 1 saturated heterocycles. The van der Waals surface area contributed by atoms with Gasteiger partial charge in [-0.1, -0.05) is 0 Å². The van der Waals surface area contributed by atoms with Crippen molar-refractivity contribution in [2.24, 2.45) is 5.92 Å². The van der Waals surface area contributed by atoms with Crippen LogP contribution >= 0.6 is 0 Å². The molecule has 0 saturated carbocycles. The summed E-state index contributed by atoms with van der Waals surface area (Å²) in [6.45, 7) is 2.06.